The number of hydrogen-bond acceptors (Lipinski definition) is 11. The Kier molecular flexibility index (Phi) is 12.1. The molecule has 18 heteroatoms. The van der Waals surface area contributed by atoms with Crippen molar-refractivity contribution in [2.75, 3.05) is 59.8 Å². The van der Waals surface area contributed by atoms with E-state index >= 15 is 13.2 Å². The third-order valence-corrected chi connectivity index (χ3v) is 12.3. The van der Waals surface area contributed by atoms with Gasteiger partial charge in [-0.1, -0.05) is 12.1 Å². The first-order valence-corrected chi connectivity index (χ1v) is 20.8. The van der Waals surface area contributed by atoms with Crippen molar-refractivity contribution in [2.45, 2.75) is 94.3 Å². The standard InChI is InChI=1S/C42H49F4N9O5/c43-31-22-29(48-33-10-12-36(56)51-39(33)58)9-11-34(31)54-19-15-35(42(45,46)24-54)53-17-13-25(14-18-53)38(57)49-27-5-7-28(8-6-27)50-40-47-23-32(44)37(52-40)26-3-1-4-30(21-26)55-16-2-20-60-41(55)59/h1,3-4,9,11,21-23,25,27-28,33,35,48H,2,5-8,10,12-20,24H2,(H,49,57)(H,47,50,52)(H,51,56,58). The topological polar surface area (TPSA) is 161 Å². The minimum Gasteiger partial charge on any atom is -0.449 e. The lowest BCUT2D eigenvalue weighted by Gasteiger charge is -2.46. The summed E-state index contributed by atoms with van der Waals surface area (Å²) >= 11 is 0. The Morgan fingerprint density at radius 2 is 1.65 bits per heavy atom. The second-order valence-electron chi connectivity index (χ2n) is 16.4. The average molecular weight is 836 g/mol. The first-order chi connectivity index (χ1) is 28.9. The molecule has 2 atom stereocenters. The summed E-state index contributed by atoms with van der Waals surface area (Å²) in [5.41, 5.74) is 1.59. The molecule has 4 amide bonds. The number of ether oxygens (including phenoxy) is 1. The molecule has 14 nitrogen and oxygen atoms in total. The number of cyclic esters (lactones) is 1. The van der Waals surface area contributed by atoms with E-state index in [2.05, 4.69) is 31.2 Å². The molecule has 1 aliphatic carbocycles. The van der Waals surface area contributed by atoms with Gasteiger partial charge in [-0.15, -0.1) is 0 Å². The number of halogens is 4. The lowest BCUT2D eigenvalue weighted by Crippen LogP contribution is -2.60. The molecule has 5 fully saturated rings. The molecule has 0 radical (unpaired) electrons. The molecular weight excluding hydrogens is 787 g/mol. The van der Waals surface area contributed by atoms with Gasteiger partial charge in [-0.3, -0.25) is 29.5 Å². The number of alkyl halides is 2. The Balaban J connectivity index is 0.779. The molecular formula is C42H49F4N9O5. The van der Waals surface area contributed by atoms with Crippen molar-refractivity contribution in [3.63, 3.8) is 0 Å². The quantitative estimate of drug-likeness (QED) is 0.152. The van der Waals surface area contributed by atoms with Gasteiger partial charge in [0.15, 0.2) is 5.82 Å². The van der Waals surface area contributed by atoms with Crippen LogP contribution in [0.25, 0.3) is 11.3 Å². The Morgan fingerprint density at radius 1 is 0.867 bits per heavy atom. The van der Waals surface area contributed by atoms with Gasteiger partial charge in [-0.25, -0.2) is 32.3 Å². The molecule has 0 bridgehead atoms. The first-order valence-electron chi connectivity index (χ1n) is 20.8. The van der Waals surface area contributed by atoms with Crippen LogP contribution in [0.4, 0.5) is 45.4 Å². The first kappa shape index (κ1) is 41.2. The highest BCUT2D eigenvalue weighted by molar-refractivity contribution is 6.01. The van der Waals surface area contributed by atoms with E-state index in [9.17, 15) is 23.6 Å². The number of nitrogens with one attached hydrogen (secondary N) is 4. The minimum atomic E-state index is -3.12. The van der Waals surface area contributed by atoms with Gasteiger partial charge in [-0.2, -0.15) is 0 Å². The van der Waals surface area contributed by atoms with Gasteiger partial charge in [0, 0.05) is 54.5 Å². The number of benzene rings is 2. The maximum atomic E-state index is 15.7. The molecule has 0 spiro atoms. The van der Waals surface area contributed by atoms with E-state index in [0.29, 0.717) is 62.4 Å². The number of amides is 4. The number of aromatic nitrogens is 2. The van der Waals surface area contributed by atoms with Crippen LogP contribution in [0, 0.1) is 17.6 Å². The summed E-state index contributed by atoms with van der Waals surface area (Å²) in [5, 5.41) is 11.7. The molecule has 2 aromatic carbocycles. The maximum Gasteiger partial charge on any atom is 0.414 e. The summed E-state index contributed by atoms with van der Waals surface area (Å²) in [5.74, 6) is -5.30. The summed E-state index contributed by atoms with van der Waals surface area (Å²) in [4.78, 5) is 62.4. The zero-order valence-corrected chi connectivity index (χ0v) is 33.1. The fraction of sp³-hybridized carbons (Fsp3) is 0.524. The van der Waals surface area contributed by atoms with Gasteiger partial charge >= 0.3 is 6.09 Å². The van der Waals surface area contributed by atoms with Crippen LogP contribution in [0.5, 0.6) is 0 Å². The summed E-state index contributed by atoms with van der Waals surface area (Å²) in [6.45, 7) is 1.18. The second-order valence-corrected chi connectivity index (χ2v) is 16.4. The summed E-state index contributed by atoms with van der Waals surface area (Å²) in [7, 11) is 0. The SMILES string of the molecule is O=C1CCC(Nc2ccc(N3CCC(N4CCC(C(=O)NC5CCC(Nc6ncc(F)c(-c7cccc(N8CCCOC8=O)c7)n6)CC5)CC4)C(F)(F)C3)c(F)c2)C(=O)N1. The molecule has 3 aromatic rings. The van der Waals surface area contributed by atoms with E-state index in [0.717, 1.165) is 31.9 Å². The Labute approximate surface area is 344 Å². The van der Waals surface area contributed by atoms with Crippen molar-refractivity contribution in [3.8, 4) is 11.3 Å². The monoisotopic (exact) mass is 835 g/mol. The van der Waals surface area contributed by atoms with Crippen molar-refractivity contribution >= 4 is 46.8 Å². The number of hydrogen-bond donors (Lipinski definition) is 4. The molecule has 2 unspecified atom stereocenters. The molecule has 1 saturated carbocycles. The van der Waals surface area contributed by atoms with Gasteiger partial charge < -0.3 is 25.6 Å². The summed E-state index contributed by atoms with van der Waals surface area (Å²) < 4.78 is 66.8. The van der Waals surface area contributed by atoms with Crippen LogP contribution < -0.4 is 31.1 Å². The van der Waals surface area contributed by atoms with Gasteiger partial charge in [0.2, 0.25) is 23.7 Å². The van der Waals surface area contributed by atoms with Gasteiger partial charge in [0.05, 0.1) is 31.1 Å². The molecule has 320 valence electrons. The zero-order chi connectivity index (χ0) is 42.0. The molecule has 60 heavy (non-hydrogen) atoms. The Hall–Kier alpha value is -5.52. The van der Waals surface area contributed by atoms with Gasteiger partial charge in [-0.05, 0) is 101 Å². The van der Waals surface area contributed by atoms with Crippen molar-refractivity contribution in [3.05, 3.63) is 60.3 Å². The van der Waals surface area contributed by atoms with Crippen LogP contribution in [-0.2, 0) is 19.1 Å². The van der Waals surface area contributed by atoms with Crippen molar-refractivity contribution in [2.24, 2.45) is 5.92 Å². The van der Waals surface area contributed by atoms with Crippen molar-refractivity contribution in [1.29, 1.82) is 0 Å². The summed E-state index contributed by atoms with van der Waals surface area (Å²) in [6, 6.07) is 9.37. The minimum absolute atomic E-state index is 0.0140. The lowest BCUT2D eigenvalue weighted by molar-refractivity contribution is -0.134. The molecule has 5 heterocycles. The van der Waals surface area contributed by atoms with E-state index in [1.54, 1.807) is 35.2 Å². The van der Waals surface area contributed by atoms with Crippen molar-refractivity contribution < 1.29 is 41.5 Å². The number of nitrogens with zero attached hydrogens (tertiary/aromatic N) is 5. The van der Waals surface area contributed by atoms with Crippen LogP contribution in [0.3, 0.4) is 0 Å². The van der Waals surface area contributed by atoms with Gasteiger partial charge in [0.1, 0.15) is 17.6 Å². The highest BCUT2D eigenvalue weighted by atomic mass is 19.3. The maximum absolute atomic E-state index is 15.7. The van der Waals surface area contributed by atoms with E-state index in [-0.39, 0.29) is 73.0 Å². The predicted molar refractivity (Wildman–Crippen MR) is 215 cm³/mol. The second kappa shape index (κ2) is 17.6. The lowest BCUT2D eigenvalue weighted by atomic mass is 9.89. The van der Waals surface area contributed by atoms with E-state index < -0.39 is 48.2 Å². The van der Waals surface area contributed by atoms with Crippen LogP contribution in [0.1, 0.15) is 64.2 Å². The van der Waals surface area contributed by atoms with E-state index in [1.165, 1.54) is 21.9 Å². The third-order valence-electron chi connectivity index (χ3n) is 12.3. The number of rotatable bonds is 10. The fourth-order valence-electron chi connectivity index (χ4n) is 9.07. The molecule has 5 aliphatic rings. The highest BCUT2D eigenvalue weighted by Gasteiger charge is 2.49. The average Bonchev–Trinajstić information content (AvgIpc) is 3.23. The Morgan fingerprint density at radius 3 is 2.38 bits per heavy atom. The summed E-state index contributed by atoms with van der Waals surface area (Å²) in [6.07, 6.45) is 5.77. The third kappa shape index (κ3) is 9.27. The number of likely N-dealkylation sites (tertiary alicyclic amines) is 1. The number of carbonyl (C=O) groups excluding carboxylic acids is 4. The van der Waals surface area contributed by atoms with Crippen molar-refractivity contribution in [1.82, 2.24) is 25.5 Å². The molecule has 4 aliphatic heterocycles. The van der Waals surface area contributed by atoms with Crippen LogP contribution in [-0.4, -0.2) is 108 Å². The van der Waals surface area contributed by atoms with Crippen LogP contribution in [0.15, 0.2) is 48.7 Å². The van der Waals surface area contributed by atoms with Gasteiger partial charge in [0.25, 0.3) is 5.92 Å². The molecule has 1 aromatic heterocycles. The number of imide groups is 1. The van der Waals surface area contributed by atoms with E-state index in [1.807, 2.05) is 0 Å². The van der Waals surface area contributed by atoms with E-state index in [4.69, 9.17) is 4.74 Å². The zero-order valence-electron chi connectivity index (χ0n) is 33.1. The molecule has 4 saturated heterocycles. The largest absolute Gasteiger partial charge is 0.449 e. The smallest absolute Gasteiger partial charge is 0.414 e. The molecule has 4 N–H and O–H groups in total. The van der Waals surface area contributed by atoms with Crippen LogP contribution in [0.2, 0.25) is 0 Å². The normalized spacial score (nSPS) is 25.3. The predicted octanol–water partition coefficient (Wildman–Crippen LogP) is 5.45. The Bertz CT molecular complexity index is 2100. The number of piperidine rings is 3. The fourth-order valence-corrected chi connectivity index (χ4v) is 9.07. The highest BCUT2D eigenvalue weighted by Crippen LogP contribution is 2.37. The molecule has 8 rings (SSSR count). The number of carbonyl (C=O) groups is 4. The van der Waals surface area contributed by atoms with Crippen LogP contribution >= 0.6 is 0 Å². The number of anilines is 4.